The largest absolute Gasteiger partial charge is 0.490 e. The minimum absolute atomic E-state index is 0.233. The predicted molar refractivity (Wildman–Crippen MR) is 78.7 cm³/mol. The van der Waals surface area contributed by atoms with Gasteiger partial charge in [0.05, 0.1) is 12.2 Å². The van der Waals surface area contributed by atoms with Crippen molar-refractivity contribution in [2.75, 3.05) is 19.6 Å². The van der Waals surface area contributed by atoms with Crippen LogP contribution < -0.4 is 10.5 Å². The Morgan fingerprint density at radius 1 is 1.20 bits per heavy atom. The highest BCUT2D eigenvalue weighted by Gasteiger charge is 2.24. The summed E-state index contributed by atoms with van der Waals surface area (Å²) in [5.41, 5.74) is 7.01. The number of rotatable bonds is 6. The third-order valence-corrected chi connectivity index (χ3v) is 4.12. The number of nitrogens with zero attached hydrogens (tertiary/aromatic N) is 1. The summed E-state index contributed by atoms with van der Waals surface area (Å²) < 4.78 is 5.71. The molecule has 1 saturated heterocycles. The smallest absolute Gasteiger partial charge is 0.119 e. The minimum Gasteiger partial charge on any atom is -0.490 e. The Morgan fingerprint density at radius 3 is 2.45 bits per heavy atom. The maximum Gasteiger partial charge on any atom is 0.119 e. The second-order valence-corrected chi connectivity index (χ2v) is 6.00. The first-order valence-corrected chi connectivity index (χ1v) is 7.65. The lowest BCUT2D eigenvalue weighted by Crippen LogP contribution is -2.40. The number of hydrogen-bond acceptors (Lipinski definition) is 4. The summed E-state index contributed by atoms with van der Waals surface area (Å²) in [6, 6.07) is 7.47. The molecule has 20 heavy (non-hydrogen) atoms. The molecule has 3 rings (SSSR count). The van der Waals surface area contributed by atoms with E-state index < -0.39 is 6.10 Å². The molecule has 0 bridgehead atoms. The lowest BCUT2D eigenvalue weighted by atomic mass is 10.0. The van der Waals surface area contributed by atoms with Gasteiger partial charge in [-0.25, -0.2) is 0 Å². The van der Waals surface area contributed by atoms with E-state index in [9.17, 15) is 5.11 Å². The number of ether oxygens (including phenoxy) is 1. The highest BCUT2D eigenvalue weighted by Crippen LogP contribution is 2.28. The van der Waals surface area contributed by atoms with Crippen LogP contribution in [0.5, 0.6) is 5.75 Å². The van der Waals surface area contributed by atoms with Gasteiger partial charge in [0.25, 0.3) is 0 Å². The lowest BCUT2D eigenvalue weighted by Gasteiger charge is -2.24. The van der Waals surface area contributed by atoms with Gasteiger partial charge < -0.3 is 20.5 Å². The zero-order valence-electron chi connectivity index (χ0n) is 11.9. The first kappa shape index (κ1) is 13.9. The fourth-order valence-electron chi connectivity index (χ4n) is 2.73. The van der Waals surface area contributed by atoms with Crippen LogP contribution in [0.3, 0.4) is 0 Å². The molecule has 0 spiro atoms. The maximum atomic E-state index is 10.3. The van der Waals surface area contributed by atoms with Crippen molar-refractivity contribution >= 4 is 0 Å². The van der Waals surface area contributed by atoms with Crippen LogP contribution in [0, 0.1) is 0 Å². The first-order valence-electron chi connectivity index (χ1n) is 7.65. The van der Waals surface area contributed by atoms with Crippen LogP contribution in [0.4, 0.5) is 0 Å². The quantitative estimate of drug-likeness (QED) is 0.830. The summed E-state index contributed by atoms with van der Waals surface area (Å²) in [6.07, 6.45) is 4.61. The van der Waals surface area contributed by atoms with E-state index in [-0.39, 0.29) is 6.04 Å². The molecule has 0 unspecified atom stereocenters. The topological polar surface area (TPSA) is 58.7 Å². The maximum absolute atomic E-state index is 10.3. The van der Waals surface area contributed by atoms with Crippen molar-refractivity contribution in [3.8, 4) is 5.75 Å². The van der Waals surface area contributed by atoms with Crippen molar-refractivity contribution in [2.24, 2.45) is 5.73 Å². The van der Waals surface area contributed by atoms with E-state index in [4.69, 9.17) is 10.5 Å². The Labute approximate surface area is 120 Å². The van der Waals surface area contributed by atoms with Gasteiger partial charge in [-0.15, -0.1) is 0 Å². The van der Waals surface area contributed by atoms with Gasteiger partial charge in [-0.2, -0.15) is 0 Å². The molecule has 1 aromatic carbocycles. The number of aliphatic hydroxyl groups excluding tert-OH is 1. The molecule has 2 fully saturated rings. The fourth-order valence-corrected chi connectivity index (χ4v) is 2.73. The summed E-state index contributed by atoms with van der Waals surface area (Å²) in [5.74, 6) is 0.886. The average molecular weight is 276 g/mol. The van der Waals surface area contributed by atoms with Crippen LogP contribution in [-0.2, 0) is 0 Å². The van der Waals surface area contributed by atoms with Crippen LogP contribution in [0.15, 0.2) is 24.3 Å². The van der Waals surface area contributed by atoms with Gasteiger partial charge >= 0.3 is 0 Å². The van der Waals surface area contributed by atoms with Gasteiger partial charge in [0.2, 0.25) is 0 Å². The van der Waals surface area contributed by atoms with E-state index in [1.165, 1.54) is 12.8 Å². The molecular weight excluding hydrogens is 252 g/mol. The standard InChI is InChI=1S/C16H24N2O2/c17-15(11-18-9-1-2-10-18)16(19)12-3-5-13(6-4-12)20-14-7-8-14/h3-6,14-16,19H,1-2,7-11,17H2/t15-,16-/m1/s1. The van der Waals surface area contributed by atoms with E-state index in [0.717, 1.165) is 43.8 Å². The van der Waals surface area contributed by atoms with Crippen LogP contribution >= 0.6 is 0 Å². The molecule has 2 aliphatic rings. The molecule has 1 aliphatic carbocycles. The highest BCUT2D eigenvalue weighted by molar-refractivity contribution is 5.29. The summed E-state index contributed by atoms with van der Waals surface area (Å²) >= 11 is 0. The third-order valence-electron chi connectivity index (χ3n) is 4.12. The lowest BCUT2D eigenvalue weighted by molar-refractivity contribution is 0.125. The summed E-state index contributed by atoms with van der Waals surface area (Å²) in [6.45, 7) is 2.98. The Hall–Kier alpha value is -1.10. The highest BCUT2D eigenvalue weighted by atomic mass is 16.5. The molecule has 3 N–H and O–H groups in total. The zero-order chi connectivity index (χ0) is 13.9. The average Bonchev–Trinajstić information content (AvgIpc) is 3.12. The van der Waals surface area contributed by atoms with E-state index in [1.54, 1.807) is 0 Å². The molecule has 4 nitrogen and oxygen atoms in total. The van der Waals surface area contributed by atoms with Crippen molar-refractivity contribution in [3.05, 3.63) is 29.8 Å². The molecule has 1 heterocycles. The molecular formula is C16H24N2O2. The van der Waals surface area contributed by atoms with Gasteiger partial charge in [-0.05, 0) is 56.5 Å². The van der Waals surface area contributed by atoms with E-state index in [2.05, 4.69) is 4.90 Å². The molecule has 1 aromatic rings. The van der Waals surface area contributed by atoms with Gasteiger partial charge in [-0.1, -0.05) is 12.1 Å². The van der Waals surface area contributed by atoms with E-state index >= 15 is 0 Å². The minimum atomic E-state index is -0.606. The van der Waals surface area contributed by atoms with Gasteiger partial charge in [0.15, 0.2) is 0 Å². The van der Waals surface area contributed by atoms with Crippen molar-refractivity contribution in [1.82, 2.24) is 4.90 Å². The van der Waals surface area contributed by atoms with Crippen LogP contribution in [0.25, 0.3) is 0 Å². The third kappa shape index (κ3) is 3.51. The molecule has 1 saturated carbocycles. The van der Waals surface area contributed by atoms with Gasteiger partial charge in [-0.3, -0.25) is 0 Å². The SMILES string of the molecule is N[C@H](CN1CCCC1)[C@H](O)c1ccc(OC2CC2)cc1. The molecule has 110 valence electrons. The van der Waals surface area contributed by atoms with Crippen molar-refractivity contribution in [1.29, 1.82) is 0 Å². The fraction of sp³-hybridized carbons (Fsp3) is 0.625. The Bertz CT molecular complexity index is 425. The van der Waals surface area contributed by atoms with Gasteiger partial charge in [0.1, 0.15) is 5.75 Å². The Kier molecular flexibility index (Phi) is 4.24. The molecule has 0 radical (unpaired) electrons. The molecule has 4 heteroatoms. The molecule has 0 aromatic heterocycles. The Balaban J connectivity index is 1.55. The van der Waals surface area contributed by atoms with Crippen LogP contribution in [0.2, 0.25) is 0 Å². The summed E-state index contributed by atoms with van der Waals surface area (Å²) in [5, 5.41) is 10.3. The van der Waals surface area contributed by atoms with E-state index in [0.29, 0.717) is 6.10 Å². The molecule has 1 aliphatic heterocycles. The normalized spacial score (nSPS) is 22.7. The summed E-state index contributed by atoms with van der Waals surface area (Å²) in [7, 11) is 0. The second kappa shape index (κ2) is 6.12. The Morgan fingerprint density at radius 2 is 1.85 bits per heavy atom. The first-order chi connectivity index (χ1) is 9.72. The van der Waals surface area contributed by atoms with Gasteiger partial charge in [0, 0.05) is 12.6 Å². The monoisotopic (exact) mass is 276 g/mol. The van der Waals surface area contributed by atoms with Crippen LogP contribution in [0.1, 0.15) is 37.4 Å². The number of aliphatic hydroxyl groups is 1. The number of benzene rings is 1. The van der Waals surface area contributed by atoms with E-state index in [1.807, 2.05) is 24.3 Å². The molecule has 2 atom stereocenters. The summed E-state index contributed by atoms with van der Waals surface area (Å²) in [4.78, 5) is 2.33. The predicted octanol–water partition coefficient (Wildman–Crippen LogP) is 1.68. The van der Waals surface area contributed by atoms with Crippen LogP contribution in [-0.4, -0.2) is 41.8 Å². The van der Waals surface area contributed by atoms with Crippen molar-refractivity contribution in [3.63, 3.8) is 0 Å². The second-order valence-electron chi connectivity index (χ2n) is 6.00. The zero-order valence-corrected chi connectivity index (χ0v) is 11.9. The number of nitrogens with two attached hydrogens (primary N) is 1. The van der Waals surface area contributed by atoms with Crippen molar-refractivity contribution < 1.29 is 9.84 Å². The number of hydrogen-bond donors (Lipinski definition) is 2. The molecule has 0 amide bonds. The number of likely N-dealkylation sites (tertiary alicyclic amines) is 1. The van der Waals surface area contributed by atoms with Crippen molar-refractivity contribution in [2.45, 2.75) is 43.9 Å².